The molecule has 104 valence electrons. The normalized spacial score (nSPS) is 9.89. The van der Waals surface area contributed by atoms with Crippen LogP contribution < -0.4 is 11.5 Å². The Balaban J connectivity index is 2.02. The van der Waals surface area contributed by atoms with Crippen LogP contribution in [0.3, 0.4) is 0 Å². The Hall–Kier alpha value is -2.04. The fraction of sp³-hybridized carbons (Fsp3) is 0.429. The largest absolute Gasteiger partial charge is 0.462 e. The SMILES string of the molecule is NC(N)=NCCCCCCOC(=O)c1ccccc1. The van der Waals surface area contributed by atoms with Gasteiger partial charge < -0.3 is 16.2 Å². The molecule has 0 aromatic heterocycles. The van der Waals surface area contributed by atoms with Crippen LogP contribution in [0.1, 0.15) is 36.0 Å². The lowest BCUT2D eigenvalue weighted by molar-refractivity contribution is 0.0498. The number of nitrogens with zero attached hydrogens (tertiary/aromatic N) is 1. The number of nitrogens with two attached hydrogens (primary N) is 2. The van der Waals surface area contributed by atoms with Crippen LogP contribution in [0.2, 0.25) is 0 Å². The summed E-state index contributed by atoms with van der Waals surface area (Å²) in [7, 11) is 0. The molecule has 0 fully saturated rings. The molecule has 0 unspecified atom stereocenters. The van der Waals surface area contributed by atoms with Crippen LogP contribution in [0.4, 0.5) is 0 Å². The van der Waals surface area contributed by atoms with Gasteiger partial charge in [-0.1, -0.05) is 24.6 Å². The van der Waals surface area contributed by atoms with Crippen LogP contribution in [0, 0.1) is 0 Å². The van der Waals surface area contributed by atoms with E-state index >= 15 is 0 Å². The van der Waals surface area contributed by atoms with Crippen molar-refractivity contribution in [2.45, 2.75) is 25.7 Å². The number of benzene rings is 1. The zero-order chi connectivity index (χ0) is 13.9. The molecule has 0 spiro atoms. The Morgan fingerprint density at radius 3 is 2.42 bits per heavy atom. The smallest absolute Gasteiger partial charge is 0.338 e. The summed E-state index contributed by atoms with van der Waals surface area (Å²) < 4.78 is 5.17. The van der Waals surface area contributed by atoms with E-state index in [0.717, 1.165) is 25.7 Å². The first-order valence-electron chi connectivity index (χ1n) is 6.47. The minimum atomic E-state index is -0.263. The average Bonchev–Trinajstić information content (AvgIpc) is 2.42. The van der Waals surface area contributed by atoms with Crippen LogP contribution in [0.15, 0.2) is 35.3 Å². The molecule has 0 aliphatic carbocycles. The molecular formula is C14H21N3O2. The van der Waals surface area contributed by atoms with E-state index < -0.39 is 0 Å². The molecule has 0 radical (unpaired) electrons. The van der Waals surface area contributed by atoms with E-state index in [9.17, 15) is 4.79 Å². The van der Waals surface area contributed by atoms with E-state index in [2.05, 4.69) is 4.99 Å². The van der Waals surface area contributed by atoms with Crippen molar-refractivity contribution in [1.29, 1.82) is 0 Å². The molecule has 19 heavy (non-hydrogen) atoms. The predicted octanol–water partition coefficient (Wildman–Crippen LogP) is 1.68. The van der Waals surface area contributed by atoms with Gasteiger partial charge in [-0.15, -0.1) is 0 Å². The number of carbonyl (C=O) groups excluding carboxylic acids is 1. The van der Waals surface area contributed by atoms with Crippen LogP contribution in [-0.4, -0.2) is 25.1 Å². The fourth-order valence-electron chi connectivity index (χ4n) is 1.60. The molecule has 1 aromatic rings. The highest BCUT2D eigenvalue weighted by molar-refractivity contribution is 5.89. The van der Waals surface area contributed by atoms with Gasteiger partial charge in [-0.3, -0.25) is 4.99 Å². The molecule has 0 amide bonds. The average molecular weight is 263 g/mol. The summed E-state index contributed by atoms with van der Waals surface area (Å²) in [6.45, 7) is 1.11. The van der Waals surface area contributed by atoms with Crippen molar-refractivity contribution in [2.24, 2.45) is 16.5 Å². The van der Waals surface area contributed by atoms with E-state index in [1.165, 1.54) is 0 Å². The summed E-state index contributed by atoms with van der Waals surface area (Å²) in [5, 5.41) is 0. The molecule has 0 heterocycles. The molecule has 0 saturated heterocycles. The van der Waals surface area contributed by atoms with Gasteiger partial charge in [0, 0.05) is 6.54 Å². The molecule has 0 bridgehead atoms. The van der Waals surface area contributed by atoms with Crippen molar-refractivity contribution < 1.29 is 9.53 Å². The Morgan fingerprint density at radius 2 is 1.74 bits per heavy atom. The summed E-state index contributed by atoms with van der Waals surface area (Å²) in [5.74, 6) is -0.127. The molecule has 1 rings (SSSR count). The quantitative estimate of drug-likeness (QED) is 0.323. The van der Waals surface area contributed by atoms with E-state index in [4.69, 9.17) is 16.2 Å². The van der Waals surface area contributed by atoms with Crippen molar-refractivity contribution in [2.75, 3.05) is 13.2 Å². The van der Waals surface area contributed by atoms with Gasteiger partial charge in [0.15, 0.2) is 5.96 Å². The number of hydrogen-bond acceptors (Lipinski definition) is 3. The first kappa shape index (κ1) is 15.0. The van der Waals surface area contributed by atoms with E-state index in [1.54, 1.807) is 12.1 Å². The monoisotopic (exact) mass is 263 g/mol. The van der Waals surface area contributed by atoms with Gasteiger partial charge in [-0.25, -0.2) is 4.79 Å². The lowest BCUT2D eigenvalue weighted by atomic mass is 10.2. The van der Waals surface area contributed by atoms with Gasteiger partial charge in [-0.05, 0) is 31.4 Å². The fourth-order valence-corrected chi connectivity index (χ4v) is 1.60. The number of hydrogen-bond donors (Lipinski definition) is 2. The molecule has 0 aliphatic rings. The first-order valence-corrected chi connectivity index (χ1v) is 6.47. The minimum Gasteiger partial charge on any atom is -0.462 e. The second kappa shape index (κ2) is 8.97. The second-order valence-corrected chi connectivity index (χ2v) is 4.22. The number of esters is 1. The summed E-state index contributed by atoms with van der Waals surface area (Å²) in [6, 6.07) is 9.00. The van der Waals surface area contributed by atoms with Gasteiger partial charge in [0.25, 0.3) is 0 Å². The molecule has 4 N–H and O–H groups in total. The van der Waals surface area contributed by atoms with Crippen LogP contribution >= 0.6 is 0 Å². The Labute approximate surface area is 113 Å². The van der Waals surface area contributed by atoms with Gasteiger partial charge in [-0.2, -0.15) is 0 Å². The van der Waals surface area contributed by atoms with Crippen molar-refractivity contribution in [3.05, 3.63) is 35.9 Å². The molecule has 0 atom stereocenters. The predicted molar refractivity (Wildman–Crippen MR) is 75.9 cm³/mol. The van der Waals surface area contributed by atoms with Crippen molar-refractivity contribution in [1.82, 2.24) is 0 Å². The van der Waals surface area contributed by atoms with Crippen LogP contribution in [0.25, 0.3) is 0 Å². The lowest BCUT2D eigenvalue weighted by Crippen LogP contribution is -2.22. The highest BCUT2D eigenvalue weighted by Gasteiger charge is 2.04. The summed E-state index contributed by atoms with van der Waals surface area (Å²) >= 11 is 0. The van der Waals surface area contributed by atoms with Crippen molar-refractivity contribution >= 4 is 11.9 Å². The summed E-state index contributed by atoms with van der Waals surface area (Å²) in [5.41, 5.74) is 11.0. The third-order valence-electron chi connectivity index (χ3n) is 2.59. The number of rotatable bonds is 8. The molecule has 5 heteroatoms. The van der Waals surface area contributed by atoms with Gasteiger partial charge >= 0.3 is 5.97 Å². The first-order chi connectivity index (χ1) is 9.20. The van der Waals surface area contributed by atoms with Crippen LogP contribution in [0.5, 0.6) is 0 Å². The van der Waals surface area contributed by atoms with Gasteiger partial charge in [0.05, 0.1) is 12.2 Å². The number of unbranched alkanes of at least 4 members (excludes halogenated alkanes) is 3. The molecule has 0 aliphatic heterocycles. The third kappa shape index (κ3) is 7.08. The molecule has 0 saturated carbocycles. The Morgan fingerprint density at radius 1 is 1.05 bits per heavy atom. The zero-order valence-corrected chi connectivity index (χ0v) is 11.0. The maximum atomic E-state index is 11.6. The molecular weight excluding hydrogens is 242 g/mol. The maximum Gasteiger partial charge on any atom is 0.338 e. The van der Waals surface area contributed by atoms with Gasteiger partial charge in [0.2, 0.25) is 0 Å². The van der Waals surface area contributed by atoms with E-state index in [-0.39, 0.29) is 11.9 Å². The second-order valence-electron chi connectivity index (χ2n) is 4.22. The number of aliphatic imine (C=N–C) groups is 1. The maximum absolute atomic E-state index is 11.6. The summed E-state index contributed by atoms with van der Waals surface area (Å²) in [6.07, 6.45) is 3.84. The molecule has 5 nitrogen and oxygen atoms in total. The van der Waals surface area contributed by atoms with E-state index in [1.807, 2.05) is 18.2 Å². The Kier molecular flexibility index (Phi) is 7.09. The van der Waals surface area contributed by atoms with Crippen molar-refractivity contribution in [3.63, 3.8) is 0 Å². The highest BCUT2D eigenvalue weighted by atomic mass is 16.5. The highest BCUT2D eigenvalue weighted by Crippen LogP contribution is 2.04. The van der Waals surface area contributed by atoms with Crippen molar-refractivity contribution in [3.8, 4) is 0 Å². The lowest BCUT2D eigenvalue weighted by Gasteiger charge is -2.04. The summed E-state index contributed by atoms with van der Waals surface area (Å²) in [4.78, 5) is 15.5. The minimum absolute atomic E-state index is 0.136. The van der Waals surface area contributed by atoms with Gasteiger partial charge in [0.1, 0.15) is 0 Å². The number of guanidine groups is 1. The molecule has 1 aromatic carbocycles. The third-order valence-corrected chi connectivity index (χ3v) is 2.59. The topological polar surface area (TPSA) is 90.7 Å². The van der Waals surface area contributed by atoms with Crippen LogP contribution in [-0.2, 0) is 4.74 Å². The number of ether oxygens (including phenoxy) is 1. The standard InChI is InChI=1S/C14H21N3O2/c15-14(16)17-10-6-1-2-7-11-19-13(18)12-8-4-3-5-9-12/h3-5,8-9H,1-2,6-7,10-11H2,(H4,15,16,17). The Bertz CT molecular complexity index is 400. The zero-order valence-electron chi connectivity index (χ0n) is 11.0. The number of carbonyl (C=O) groups is 1. The van der Waals surface area contributed by atoms with E-state index in [0.29, 0.717) is 18.7 Å².